The van der Waals surface area contributed by atoms with Crippen LogP contribution in [0.3, 0.4) is 0 Å². The lowest BCUT2D eigenvalue weighted by Gasteiger charge is -2.06. The maximum Gasteiger partial charge on any atom is 0.407 e. The Bertz CT molecular complexity index is 331. The molecule has 0 aliphatic carbocycles. The largest absolute Gasteiger partial charge is 0.466 e. The van der Waals surface area contributed by atoms with Gasteiger partial charge in [-0.1, -0.05) is 77.4 Å². The molecule has 0 unspecified atom stereocenters. The van der Waals surface area contributed by atoms with Crippen molar-refractivity contribution in [3.8, 4) is 0 Å². The minimum Gasteiger partial charge on any atom is -0.466 e. The third kappa shape index (κ3) is 16.8. The monoisotopic (exact) mass is 341 g/mol. The average Bonchev–Trinajstić information content (AvgIpc) is 2.57. The molecule has 1 N–H and O–H groups in total. The van der Waals surface area contributed by atoms with E-state index in [1.165, 1.54) is 57.4 Å². The zero-order chi connectivity index (χ0) is 17.9. The van der Waals surface area contributed by atoms with Crippen LogP contribution in [0.15, 0.2) is 12.7 Å². The number of unbranched alkanes of at least 4 members (excludes halogenated alkanes) is 9. The molecule has 0 saturated carbocycles. The van der Waals surface area contributed by atoms with Crippen molar-refractivity contribution in [3.05, 3.63) is 12.7 Å². The molecule has 0 bridgehead atoms. The first kappa shape index (κ1) is 22.5. The highest BCUT2D eigenvalue weighted by atomic mass is 16.5. The lowest BCUT2D eigenvalue weighted by atomic mass is 10.1. The summed E-state index contributed by atoms with van der Waals surface area (Å²) >= 11 is 0. The van der Waals surface area contributed by atoms with Crippen LogP contribution in [0.4, 0.5) is 4.79 Å². The van der Waals surface area contributed by atoms with Gasteiger partial charge in [0.1, 0.15) is 6.61 Å². The molecule has 0 saturated heterocycles. The lowest BCUT2D eigenvalue weighted by molar-refractivity contribution is -0.143. The number of carbonyl (C=O) groups excluding carboxylic acids is 2. The van der Waals surface area contributed by atoms with Crippen LogP contribution in [0.1, 0.15) is 77.6 Å². The maximum atomic E-state index is 11.5. The molecule has 0 fully saturated rings. The van der Waals surface area contributed by atoms with Crippen molar-refractivity contribution < 1.29 is 19.1 Å². The van der Waals surface area contributed by atoms with Gasteiger partial charge in [0.15, 0.2) is 0 Å². The molecular weight excluding hydrogens is 306 g/mol. The summed E-state index contributed by atoms with van der Waals surface area (Å²) < 4.78 is 9.86. The van der Waals surface area contributed by atoms with E-state index in [4.69, 9.17) is 9.47 Å². The van der Waals surface area contributed by atoms with E-state index in [0.29, 0.717) is 6.61 Å². The minimum absolute atomic E-state index is 0.162. The van der Waals surface area contributed by atoms with E-state index in [2.05, 4.69) is 18.8 Å². The van der Waals surface area contributed by atoms with Crippen molar-refractivity contribution >= 4 is 12.1 Å². The van der Waals surface area contributed by atoms with Gasteiger partial charge in [-0.25, -0.2) is 4.79 Å². The van der Waals surface area contributed by atoms with Crippen LogP contribution in [-0.2, 0) is 14.3 Å². The van der Waals surface area contributed by atoms with Crippen molar-refractivity contribution in [1.29, 1.82) is 0 Å². The smallest absolute Gasteiger partial charge is 0.407 e. The lowest BCUT2D eigenvalue weighted by Crippen LogP contribution is -2.27. The van der Waals surface area contributed by atoms with Gasteiger partial charge in [-0.05, 0) is 6.42 Å². The van der Waals surface area contributed by atoms with Crippen LogP contribution >= 0.6 is 0 Å². The third-order valence-corrected chi connectivity index (χ3v) is 3.69. The van der Waals surface area contributed by atoms with Crippen molar-refractivity contribution in [2.75, 3.05) is 19.8 Å². The van der Waals surface area contributed by atoms with Crippen molar-refractivity contribution in [2.45, 2.75) is 77.6 Å². The van der Waals surface area contributed by atoms with E-state index < -0.39 is 6.09 Å². The second-order valence-corrected chi connectivity index (χ2v) is 5.97. The van der Waals surface area contributed by atoms with Crippen LogP contribution in [-0.4, -0.2) is 31.8 Å². The van der Waals surface area contributed by atoms with Gasteiger partial charge in [0, 0.05) is 6.54 Å². The van der Waals surface area contributed by atoms with Crippen molar-refractivity contribution in [1.82, 2.24) is 5.32 Å². The molecule has 0 aromatic carbocycles. The van der Waals surface area contributed by atoms with Gasteiger partial charge in [-0.2, -0.15) is 0 Å². The molecule has 0 atom stereocenters. The topological polar surface area (TPSA) is 64.6 Å². The molecule has 5 heteroatoms. The summed E-state index contributed by atoms with van der Waals surface area (Å²) in [6.45, 7) is 6.54. The van der Waals surface area contributed by atoms with Crippen molar-refractivity contribution in [3.63, 3.8) is 0 Å². The summed E-state index contributed by atoms with van der Waals surface area (Å²) in [5.74, 6) is -0.282. The average molecular weight is 341 g/mol. The zero-order valence-electron chi connectivity index (χ0n) is 15.3. The van der Waals surface area contributed by atoms with Gasteiger partial charge in [0.05, 0.1) is 13.0 Å². The Labute approximate surface area is 147 Å². The summed E-state index contributed by atoms with van der Waals surface area (Å²) in [5, 5.41) is 2.48. The number of hydrogen-bond acceptors (Lipinski definition) is 4. The van der Waals surface area contributed by atoms with Gasteiger partial charge in [0.2, 0.25) is 0 Å². The van der Waals surface area contributed by atoms with E-state index in [-0.39, 0.29) is 25.5 Å². The molecule has 0 radical (unpaired) electrons. The fourth-order valence-corrected chi connectivity index (χ4v) is 2.30. The summed E-state index contributed by atoms with van der Waals surface area (Å²) in [4.78, 5) is 22.6. The number of ether oxygens (including phenoxy) is 2. The highest BCUT2D eigenvalue weighted by molar-refractivity contribution is 5.71. The number of nitrogens with one attached hydrogen (secondary N) is 1. The first-order valence-electron chi connectivity index (χ1n) is 9.37. The molecule has 5 nitrogen and oxygen atoms in total. The Morgan fingerprint density at radius 1 is 0.917 bits per heavy atom. The van der Waals surface area contributed by atoms with Crippen molar-refractivity contribution in [2.24, 2.45) is 0 Å². The zero-order valence-corrected chi connectivity index (χ0v) is 15.3. The normalized spacial score (nSPS) is 10.2. The molecule has 0 aliphatic rings. The quantitative estimate of drug-likeness (QED) is 0.250. The molecule has 0 rings (SSSR count). The Hall–Kier alpha value is -1.52. The third-order valence-electron chi connectivity index (χ3n) is 3.69. The fraction of sp³-hybridized carbons (Fsp3) is 0.789. The molecular formula is C19H35NO4. The number of carbonyl (C=O) groups is 2. The molecule has 140 valence electrons. The SMILES string of the molecule is C=CCOC(=O)NCCC(=O)OCCCCCCCCCCCC. The van der Waals surface area contributed by atoms with E-state index in [1.807, 2.05) is 0 Å². The highest BCUT2D eigenvalue weighted by Gasteiger charge is 2.05. The van der Waals surface area contributed by atoms with Crippen LogP contribution in [0.2, 0.25) is 0 Å². The van der Waals surface area contributed by atoms with Gasteiger partial charge in [0.25, 0.3) is 0 Å². The van der Waals surface area contributed by atoms with Crippen LogP contribution in [0.5, 0.6) is 0 Å². The predicted octanol–water partition coefficient (Wildman–Crippen LogP) is 4.75. The standard InChI is InChI=1S/C19H35NO4/c1-3-5-6-7-8-9-10-11-12-13-17-23-18(21)14-15-20-19(22)24-16-4-2/h4H,2-3,5-17H2,1H3,(H,20,22). The van der Waals surface area contributed by atoms with E-state index >= 15 is 0 Å². The van der Waals surface area contributed by atoms with Crippen LogP contribution in [0, 0.1) is 0 Å². The fourth-order valence-electron chi connectivity index (χ4n) is 2.30. The van der Waals surface area contributed by atoms with Gasteiger partial charge >= 0.3 is 12.1 Å². The maximum absolute atomic E-state index is 11.5. The van der Waals surface area contributed by atoms with Gasteiger partial charge in [-0.15, -0.1) is 0 Å². The van der Waals surface area contributed by atoms with Gasteiger partial charge in [-0.3, -0.25) is 4.79 Å². The predicted molar refractivity (Wildman–Crippen MR) is 97.0 cm³/mol. The highest BCUT2D eigenvalue weighted by Crippen LogP contribution is 2.10. The summed E-state index contributed by atoms with van der Waals surface area (Å²) in [6.07, 6.45) is 13.7. The molecule has 24 heavy (non-hydrogen) atoms. The number of amides is 1. The van der Waals surface area contributed by atoms with Crippen LogP contribution in [0.25, 0.3) is 0 Å². The Kier molecular flexibility index (Phi) is 16.7. The molecule has 1 amide bonds. The first-order chi connectivity index (χ1) is 11.7. The van der Waals surface area contributed by atoms with E-state index in [1.54, 1.807) is 0 Å². The number of rotatable bonds is 16. The second kappa shape index (κ2) is 17.8. The van der Waals surface area contributed by atoms with E-state index in [9.17, 15) is 9.59 Å². The second-order valence-electron chi connectivity index (χ2n) is 5.97. The molecule has 0 heterocycles. The first-order valence-corrected chi connectivity index (χ1v) is 9.37. The number of hydrogen-bond donors (Lipinski definition) is 1. The van der Waals surface area contributed by atoms with Crippen LogP contribution < -0.4 is 5.32 Å². The molecule has 0 spiro atoms. The Morgan fingerprint density at radius 2 is 1.50 bits per heavy atom. The minimum atomic E-state index is -0.544. The summed E-state index contributed by atoms with van der Waals surface area (Å²) in [7, 11) is 0. The van der Waals surface area contributed by atoms with E-state index in [0.717, 1.165) is 12.8 Å². The molecule has 0 aliphatic heterocycles. The number of alkyl carbamates (subject to hydrolysis) is 1. The molecule has 0 aromatic heterocycles. The Morgan fingerprint density at radius 3 is 2.08 bits per heavy atom. The molecule has 0 aromatic rings. The summed E-state index contributed by atoms with van der Waals surface area (Å²) in [6, 6.07) is 0. The van der Waals surface area contributed by atoms with Gasteiger partial charge < -0.3 is 14.8 Å². The number of esters is 1. The Balaban J connectivity index is 3.26. The summed E-state index contributed by atoms with van der Waals surface area (Å²) in [5.41, 5.74) is 0.